The molecular weight excluding hydrogens is 357 g/mol. The van der Waals surface area contributed by atoms with Gasteiger partial charge in [-0.25, -0.2) is 0 Å². The second-order valence-corrected chi connectivity index (χ2v) is 5.32. The first-order valence-electron chi connectivity index (χ1n) is 5.46. The van der Waals surface area contributed by atoms with Gasteiger partial charge in [-0.15, -0.1) is 0 Å². The van der Waals surface area contributed by atoms with Gasteiger partial charge in [0.2, 0.25) is 0 Å². The van der Waals surface area contributed by atoms with E-state index in [0.717, 1.165) is 12.1 Å². The Kier molecular flexibility index (Phi) is 4.20. The zero-order valence-electron chi connectivity index (χ0n) is 9.84. The van der Waals surface area contributed by atoms with Gasteiger partial charge in [-0.3, -0.25) is 4.79 Å². The summed E-state index contributed by atoms with van der Waals surface area (Å²) in [5.41, 5.74) is -1.37. The topological polar surface area (TPSA) is 17.1 Å². The molecule has 0 spiro atoms. The van der Waals surface area contributed by atoms with Gasteiger partial charge in [0.05, 0.1) is 10.6 Å². The SMILES string of the molecule is O=C(c1ccccc1Cl)c1ccc(Br)cc1C(F)(F)F. The fourth-order valence-corrected chi connectivity index (χ4v) is 2.32. The van der Waals surface area contributed by atoms with Gasteiger partial charge in [0.25, 0.3) is 0 Å². The lowest BCUT2D eigenvalue weighted by molar-refractivity contribution is -0.137. The lowest BCUT2D eigenvalue weighted by Gasteiger charge is -2.13. The van der Waals surface area contributed by atoms with Gasteiger partial charge in [0, 0.05) is 15.6 Å². The predicted molar refractivity (Wildman–Crippen MR) is 74.0 cm³/mol. The molecule has 20 heavy (non-hydrogen) atoms. The molecule has 0 amide bonds. The van der Waals surface area contributed by atoms with Crippen LogP contribution in [0.2, 0.25) is 5.02 Å². The van der Waals surface area contributed by atoms with Crippen LogP contribution in [-0.4, -0.2) is 5.78 Å². The first kappa shape index (κ1) is 15.1. The van der Waals surface area contributed by atoms with Crippen LogP contribution in [0.5, 0.6) is 0 Å². The molecule has 0 unspecified atom stereocenters. The maximum atomic E-state index is 13.0. The normalized spacial score (nSPS) is 11.4. The summed E-state index contributed by atoms with van der Waals surface area (Å²) in [7, 11) is 0. The van der Waals surface area contributed by atoms with Crippen LogP contribution in [0, 0.1) is 0 Å². The second kappa shape index (κ2) is 5.58. The van der Waals surface area contributed by atoms with Gasteiger partial charge < -0.3 is 0 Å². The molecule has 0 N–H and O–H groups in total. The molecule has 0 saturated carbocycles. The molecule has 2 aromatic carbocycles. The van der Waals surface area contributed by atoms with Gasteiger partial charge in [0.1, 0.15) is 0 Å². The summed E-state index contributed by atoms with van der Waals surface area (Å²) in [5, 5.41) is 0.119. The molecule has 0 aliphatic carbocycles. The van der Waals surface area contributed by atoms with E-state index in [-0.39, 0.29) is 15.1 Å². The third-order valence-corrected chi connectivity index (χ3v) is 3.47. The van der Waals surface area contributed by atoms with Crippen LogP contribution < -0.4 is 0 Å². The Balaban J connectivity index is 2.59. The van der Waals surface area contributed by atoms with Crippen LogP contribution in [0.25, 0.3) is 0 Å². The van der Waals surface area contributed by atoms with Crippen molar-refractivity contribution in [3.8, 4) is 0 Å². The summed E-state index contributed by atoms with van der Waals surface area (Å²) in [6.07, 6.45) is -4.62. The van der Waals surface area contributed by atoms with E-state index in [0.29, 0.717) is 0 Å². The molecule has 2 aromatic rings. The van der Waals surface area contributed by atoms with Crippen LogP contribution >= 0.6 is 27.5 Å². The molecule has 0 aliphatic rings. The predicted octanol–water partition coefficient (Wildman–Crippen LogP) is 5.35. The highest BCUT2D eigenvalue weighted by atomic mass is 79.9. The van der Waals surface area contributed by atoms with Crippen LogP contribution in [0.3, 0.4) is 0 Å². The van der Waals surface area contributed by atoms with Crippen molar-refractivity contribution in [1.29, 1.82) is 0 Å². The Bertz CT molecular complexity index is 668. The molecule has 2 rings (SSSR count). The van der Waals surface area contributed by atoms with E-state index >= 15 is 0 Å². The first-order chi connectivity index (χ1) is 9.30. The minimum Gasteiger partial charge on any atom is -0.289 e. The van der Waals surface area contributed by atoms with Crippen LogP contribution in [0.15, 0.2) is 46.9 Å². The number of hydrogen-bond donors (Lipinski definition) is 0. The van der Waals surface area contributed by atoms with Gasteiger partial charge in [-0.05, 0) is 30.3 Å². The van der Waals surface area contributed by atoms with Gasteiger partial charge >= 0.3 is 6.18 Å². The van der Waals surface area contributed by atoms with Crippen molar-refractivity contribution in [2.75, 3.05) is 0 Å². The van der Waals surface area contributed by atoms with Crippen molar-refractivity contribution in [2.45, 2.75) is 6.18 Å². The van der Waals surface area contributed by atoms with Crippen LogP contribution in [-0.2, 0) is 6.18 Å². The molecule has 1 nitrogen and oxygen atoms in total. The lowest BCUT2D eigenvalue weighted by Crippen LogP contribution is -2.14. The van der Waals surface area contributed by atoms with Crippen LogP contribution in [0.4, 0.5) is 13.2 Å². The third-order valence-electron chi connectivity index (χ3n) is 2.65. The van der Waals surface area contributed by atoms with Gasteiger partial charge in [-0.1, -0.05) is 39.7 Å². The van der Waals surface area contributed by atoms with Crippen molar-refractivity contribution < 1.29 is 18.0 Å². The molecule has 0 atom stereocenters. The van der Waals surface area contributed by atoms with Crippen molar-refractivity contribution >= 4 is 33.3 Å². The fourth-order valence-electron chi connectivity index (χ4n) is 1.74. The number of alkyl halides is 3. The fraction of sp³-hybridized carbons (Fsp3) is 0.0714. The van der Waals surface area contributed by atoms with Crippen molar-refractivity contribution in [1.82, 2.24) is 0 Å². The molecule has 0 radical (unpaired) electrons. The zero-order chi connectivity index (χ0) is 14.9. The smallest absolute Gasteiger partial charge is 0.289 e. The Morgan fingerprint density at radius 2 is 1.70 bits per heavy atom. The van der Waals surface area contributed by atoms with E-state index < -0.39 is 23.1 Å². The number of ketones is 1. The van der Waals surface area contributed by atoms with Gasteiger partial charge in [0.15, 0.2) is 5.78 Å². The molecule has 6 heteroatoms. The highest BCUT2D eigenvalue weighted by Gasteiger charge is 2.35. The molecule has 0 bridgehead atoms. The molecule has 0 heterocycles. The van der Waals surface area contributed by atoms with Gasteiger partial charge in [-0.2, -0.15) is 13.2 Å². The minimum absolute atomic E-state index is 0.0435. The number of carbonyl (C=O) groups excluding carboxylic acids is 1. The van der Waals surface area contributed by atoms with Crippen molar-refractivity contribution in [3.05, 3.63) is 68.7 Å². The Labute approximate surface area is 126 Å². The Hall–Kier alpha value is -1.33. The molecule has 0 saturated heterocycles. The number of benzene rings is 2. The lowest BCUT2D eigenvalue weighted by atomic mass is 9.98. The first-order valence-corrected chi connectivity index (χ1v) is 6.64. The summed E-state index contributed by atoms with van der Waals surface area (Å²) in [4.78, 5) is 12.2. The summed E-state index contributed by atoms with van der Waals surface area (Å²) < 4.78 is 39.2. The number of rotatable bonds is 2. The van der Waals surface area contributed by atoms with E-state index in [1.807, 2.05) is 0 Å². The molecule has 0 fully saturated rings. The average molecular weight is 364 g/mol. The minimum atomic E-state index is -4.62. The van der Waals surface area contributed by atoms with E-state index in [9.17, 15) is 18.0 Å². The van der Waals surface area contributed by atoms with E-state index in [1.54, 1.807) is 12.1 Å². The quantitative estimate of drug-likeness (QED) is 0.657. The number of carbonyl (C=O) groups is 1. The molecule has 0 aromatic heterocycles. The summed E-state index contributed by atoms with van der Waals surface area (Å²) in [6.45, 7) is 0. The van der Waals surface area contributed by atoms with Crippen molar-refractivity contribution in [2.24, 2.45) is 0 Å². The maximum Gasteiger partial charge on any atom is 0.417 e. The third kappa shape index (κ3) is 3.04. The molecule has 104 valence electrons. The van der Waals surface area contributed by atoms with Crippen molar-refractivity contribution in [3.63, 3.8) is 0 Å². The number of hydrogen-bond acceptors (Lipinski definition) is 1. The van der Waals surface area contributed by atoms with E-state index in [1.165, 1.54) is 18.2 Å². The Morgan fingerprint density at radius 1 is 1.05 bits per heavy atom. The molecule has 0 aliphatic heterocycles. The van der Waals surface area contributed by atoms with Crippen LogP contribution in [0.1, 0.15) is 21.5 Å². The standard InChI is InChI=1S/C14H7BrClF3O/c15-8-5-6-9(11(7-8)14(17,18)19)13(20)10-3-1-2-4-12(10)16/h1-7H. The Morgan fingerprint density at radius 3 is 2.30 bits per heavy atom. The largest absolute Gasteiger partial charge is 0.417 e. The zero-order valence-corrected chi connectivity index (χ0v) is 12.2. The van der Waals surface area contributed by atoms with E-state index in [2.05, 4.69) is 15.9 Å². The summed E-state index contributed by atoms with van der Waals surface area (Å²) in [6, 6.07) is 9.41. The monoisotopic (exact) mass is 362 g/mol. The summed E-state index contributed by atoms with van der Waals surface area (Å²) >= 11 is 8.83. The maximum absolute atomic E-state index is 13.0. The highest BCUT2D eigenvalue weighted by molar-refractivity contribution is 9.10. The van der Waals surface area contributed by atoms with E-state index in [4.69, 9.17) is 11.6 Å². The number of halogens is 5. The summed E-state index contributed by atoms with van der Waals surface area (Å²) in [5.74, 6) is -0.754. The second-order valence-electron chi connectivity index (χ2n) is 4.00. The highest BCUT2D eigenvalue weighted by Crippen LogP contribution is 2.35. The average Bonchev–Trinajstić information content (AvgIpc) is 2.37. The molecular formula is C14H7BrClF3O.